The second-order valence-electron chi connectivity index (χ2n) is 19.6. The molecule has 0 saturated carbocycles. The minimum absolute atomic E-state index is 0.0107. The first kappa shape index (κ1) is 59.4. The summed E-state index contributed by atoms with van der Waals surface area (Å²) in [6, 6.07) is 8.43. The van der Waals surface area contributed by atoms with Gasteiger partial charge >= 0.3 is 35.9 Å². The number of urea groups is 1. The van der Waals surface area contributed by atoms with Crippen LogP contribution in [-0.4, -0.2) is 124 Å². The van der Waals surface area contributed by atoms with Crippen LogP contribution in [0.5, 0.6) is 5.75 Å². The molecule has 21 heteroatoms. The highest BCUT2D eigenvalue weighted by atomic mass is 16.6. The summed E-state index contributed by atoms with van der Waals surface area (Å²) in [5.41, 5.74) is 4.97. The third-order valence-electron chi connectivity index (χ3n) is 9.56. The number of carboxylic acids is 2. The fraction of sp³-hybridized carbons (Fsp3) is 0.571. The second-order valence-corrected chi connectivity index (χ2v) is 19.6. The number of carbonyl (C=O) groups excluding carboxylic acids is 7. The van der Waals surface area contributed by atoms with Crippen molar-refractivity contribution in [2.45, 2.75) is 167 Å². The van der Waals surface area contributed by atoms with Gasteiger partial charge < -0.3 is 61.5 Å². The Kier molecular flexibility index (Phi) is 23.8. The van der Waals surface area contributed by atoms with Crippen LogP contribution in [-0.2, 0) is 65.4 Å². The van der Waals surface area contributed by atoms with Crippen molar-refractivity contribution in [3.05, 3.63) is 65.7 Å². The average Bonchev–Trinajstić information content (AvgIpc) is 3.23. The molecule has 0 aliphatic carbocycles. The highest BCUT2D eigenvalue weighted by Crippen LogP contribution is 2.17. The molecule has 9 N–H and O–H groups in total. The lowest BCUT2D eigenvalue weighted by atomic mass is 10.0. The summed E-state index contributed by atoms with van der Waals surface area (Å²) in [5, 5.41) is 31.1. The van der Waals surface area contributed by atoms with Crippen molar-refractivity contribution >= 4 is 53.6 Å². The van der Waals surface area contributed by atoms with Crippen LogP contribution in [0.4, 0.5) is 4.79 Å². The fourth-order valence-corrected chi connectivity index (χ4v) is 6.36. The highest BCUT2D eigenvalue weighted by Gasteiger charge is 2.31. The molecule has 0 heterocycles. The van der Waals surface area contributed by atoms with E-state index >= 15 is 0 Å². The normalized spacial score (nSPS) is 13.7. The Morgan fingerprint density at radius 3 is 1.67 bits per heavy atom. The highest BCUT2D eigenvalue weighted by molar-refractivity contribution is 5.89. The lowest BCUT2D eigenvalue weighted by Crippen LogP contribution is -2.52. The van der Waals surface area contributed by atoms with E-state index in [0.717, 1.165) is 5.56 Å². The van der Waals surface area contributed by atoms with Crippen LogP contribution in [0, 0.1) is 0 Å². The van der Waals surface area contributed by atoms with E-state index in [-0.39, 0.29) is 51.5 Å². The molecule has 0 fully saturated rings. The minimum atomic E-state index is -1.52. The lowest BCUT2D eigenvalue weighted by molar-refractivity contribution is -0.159. The number of ether oxygens (including phenoxy) is 4. The van der Waals surface area contributed by atoms with Crippen LogP contribution in [0.15, 0.2) is 54.6 Å². The third-order valence-corrected chi connectivity index (χ3v) is 9.56. The fourth-order valence-electron chi connectivity index (χ4n) is 6.36. The molecule has 0 bridgehead atoms. The van der Waals surface area contributed by atoms with Gasteiger partial charge in [-0.1, -0.05) is 42.5 Å². The SMILES string of the molecule is CC(C)(C)OC(=O)CCC(N)C(=O)NC(Cc1ccc(OCC(=O)NC(Cc2ccccc2)C(=O)NCCCCC(NC(=O)NC(CCC(=O)O)C(=O)O)C(=O)OC(C)(C)C)cc1)C(=O)OC(C)(C)C. The molecule has 2 aromatic rings. The quantitative estimate of drug-likeness (QED) is 0.0362. The van der Waals surface area contributed by atoms with Crippen LogP contribution in [0.3, 0.4) is 0 Å². The number of hydrogen-bond acceptors (Lipinski definition) is 14. The van der Waals surface area contributed by atoms with Gasteiger partial charge in [-0.25, -0.2) is 19.2 Å². The zero-order valence-electron chi connectivity index (χ0n) is 41.6. The lowest BCUT2D eigenvalue weighted by Gasteiger charge is -2.25. The number of nitrogens with one attached hydrogen (secondary N) is 5. The molecular weight excluding hydrogens is 913 g/mol. The van der Waals surface area contributed by atoms with Gasteiger partial charge in [0.05, 0.1) is 6.04 Å². The maximum atomic E-state index is 13.5. The van der Waals surface area contributed by atoms with Gasteiger partial charge in [0, 0.05) is 32.2 Å². The van der Waals surface area contributed by atoms with Gasteiger partial charge in [0.1, 0.15) is 46.7 Å². The van der Waals surface area contributed by atoms with Gasteiger partial charge in [0.15, 0.2) is 6.61 Å². The average molecular weight is 985 g/mol. The standard InChI is InChI=1S/C49H72N6O15/c1-47(2,3)68-40(59)25-22-33(50)41(60)53-37(45(65)70-49(7,8)9)28-31-18-20-32(21-19-31)67-29-38(56)52-36(27-30-15-11-10-12-16-30)42(61)51-26-14-13-17-35(44(64)69-48(4,5)6)55-46(66)54-34(43(62)63)23-24-39(57)58/h10-12,15-16,18-21,33-37H,13-14,17,22-29,50H2,1-9H3,(H,51,61)(H,52,56)(H,53,60)(H,57,58)(H,62,63)(H2,54,55,66). The van der Waals surface area contributed by atoms with E-state index in [2.05, 4.69) is 26.6 Å². The minimum Gasteiger partial charge on any atom is -0.484 e. The van der Waals surface area contributed by atoms with Crippen molar-refractivity contribution in [2.24, 2.45) is 5.73 Å². The van der Waals surface area contributed by atoms with Gasteiger partial charge in [0.25, 0.3) is 5.91 Å². The van der Waals surface area contributed by atoms with Crippen molar-refractivity contribution in [3.63, 3.8) is 0 Å². The Morgan fingerprint density at radius 2 is 1.11 bits per heavy atom. The molecule has 2 rings (SSSR count). The van der Waals surface area contributed by atoms with Crippen LogP contribution < -0.4 is 37.1 Å². The number of hydrogen-bond donors (Lipinski definition) is 8. The molecule has 0 radical (unpaired) electrons. The largest absolute Gasteiger partial charge is 0.484 e. The van der Waals surface area contributed by atoms with Crippen LogP contribution >= 0.6 is 0 Å². The van der Waals surface area contributed by atoms with Crippen molar-refractivity contribution < 1.29 is 72.3 Å². The van der Waals surface area contributed by atoms with E-state index < -0.39 is 114 Å². The maximum absolute atomic E-state index is 13.5. The van der Waals surface area contributed by atoms with Crippen molar-refractivity contribution in [1.29, 1.82) is 0 Å². The summed E-state index contributed by atoms with van der Waals surface area (Å²) in [5.74, 6) is -6.15. The molecule has 0 saturated heterocycles. The molecule has 0 spiro atoms. The smallest absolute Gasteiger partial charge is 0.329 e. The number of unbranched alkanes of at least 4 members (excludes halogenated alkanes) is 1. The van der Waals surface area contributed by atoms with Gasteiger partial charge in [0.2, 0.25) is 11.8 Å². The summed E-state index contributed by atoms with van der Waals surface area (Å²) < 4.78 is 22.0. The number of carbonyl (C=O) groups is 9. The number of esters is 3. The molecule has 2 aromatic carbocycles. The van der Waals surface area contributed by atoms with Crippen LogP contribution in [0.2, 0.25) is 0 Å². The Morgan fingerprint density at radius 1 is 0.571 bits per heavy atom. The molecule has 5 amide bonds. The zero-order chi connectivity index (χ0) is 52.8. The van der Waals surface area contributed by atoms with E-state index in [0.29, 0.717) is 17.7 Å². The monoisotopic (exact) mass is 985 g/mol. The summed E-state index contributed by atoms with van der Waals surface area (Å²) in [6.07, 6.45) is -0.193. The number of rotatable bonds is 27. The first-order valence-corrected chi connectivity index (χ1v) is 23.1. The summed E-state index contributed by atoms with van der Waals surface area (Å²) in [4.78, 5) is 113. The molecule has 21 nitrogen and oxygen atoms in total. The van der Waals surface area contributed by atoms with E-state index in [4.69, 9.17) is 29.8 Å². The van der Waals surface area contributed by atoms with E-state index in [1.54, 1.807) is 111 Å². The second kappa shape index (κ2) is 28.0. The molecule has 5 atom stereocenters. The van der Waals surface area contributed by atoms with Crippen LogP contribution in [0.25, 0.3) is 0 Å². The van der Waals surface area contributed by atoms with E-state index in [9.17, 15) is 48.3 Å². The Labute approximate surface area is 409 Å². The first-order valence-electron chi connectivity index (χ1n) is 23.1. The maximum Gasteiger partial charge on any atom is 0.329 e. The Hall–Kier alpha value is -6.77. The van der Waals surface area contributed by atoms with Crippen molar-refractivity contribution in [2.75, 3.05) is 13.2 Å². The van der Waals surface area contributed by atoms with Gasteiger partial charge in [-0.05, 0) is 118 Å². The summed E-state index contributed by atoms with van der Waals surface area (Å²) in [7, 11) is 0. The number of benzene rings is 2. The van der Waals surface area contributed by atoms with E-state index in [1.165, 1.54) is 0 Å². The molecule has 0 aliphatic rings. The number of aliphatic carboxylic acids is 2. The molecule has 5 unspecified atom stereocenters. The molecule has 70 heavy (non-hydrogen) atoms. The predicted molar refractivity (Wildman–Crippen MR) is 255 cm³/mol. The third kappa shape index (κ3) is 25.6. The number of amides is 5. The molecule has 0 aliphatic heterocycles. The topological polar surface area (TPSA) is 317 Å². The van der Waals surface area contributed by atoms with E-state index in [1.807, 2.05) is 6.07 Å². The zero-order valence-corrected chi connectivity index (χ0v) is 41.6. The Balaban J connectivity index is 2.05. The van der Waals surface area contributed by atoms with Gasteiger partial charge in [-0.2, -0.15) is 0 Å². The van der Waals surface area contributed by atoms with Crippen molar-refractivity contribution in [3.8, 4) is 5.75 Å². The molecule has 0 aromatic heterocycles. The molecular formula is C49H72N6O15. The summed E-state index contributed by atoms with van der Waals surface area (Å²) in [6.45, 7) is 14.8. The van der Waals surface area contributed by atoms with Gasteiger partial charge in [-0.15, -0.1) is 0 Å². The number of nitrogens with two attached hydrogens (primary N) is 1. The van der Waals surface area contributed by atoms with Crippen molar-refractivity contribution in [1.82, 2.24) is 26.6 Å². The first-order chi connectivity index (χ1) is 32.5. The summed E-state index contributed by atoms with van der Waals surface area (Å²) >= 11 is 0. The Bertz CT molecular complexity index is 2080. The predicted octanol–water partition coefficient (Wildman–Crippen LogP) is 3.23. The van der Waals surface area contributed by atoms with Gasteiger partial charge in [-0.3, -0.25) is 24.0 Å². The molecule has 388 valence electrons. The van der Waals surface area contributed by atoms with Crippen LogP contribution in [0.1, 0.15) is 118 Å². The number of carboxylic acid groups (broad SMARTS) is 2.